The smallest absolute Gasteiger partial charge is 0.338 e. The van der Waals surface area contributed by atoms with Gasteiger partial charge in [0.25, 0.3) is 0 Å². The molecule has 0 fully saturated rings. The molecule has 26 heavy (non-hydrogen) atoms. The zero-order valence-corrected chi connectivity index (χ0v) is 15.8. The summed E-state index contributed by atoms with van der Waals surface area (Å²) in [5.41, 5.74) is 3.81. The van der Waals surface area contributed by atoms with Crippen molar-refractivity contribution in [3.63, 3.8) is 0 Å². The summed E-state index contributed by atoms with van der Waals surface area (Å²) in [6, 6.07) is 11.5. The van der Waals surface area contributed by atoms with Crippen molar-refractivity contribution in [1.29, 1.82) is 0 Å². The zero-order chi connectivity index (χ0) is 18.3. The molecule has 1 N–H and O–H groups in total. The summed E-state index contributed by atoms with van der Waals surface area (Å²) < 4.78 is 5.14. The van der Waals surface area contributed by atoms with E-state index in [0.29, 0.717) is 28.1 Å². The van der Waals surface area contributed by atoms with Gasteiger partial charge < -0.3 is 10.1 Å². The van der Waals surface area contributed by atoms with Crippen molar-refractivity contribution in [2.24, 2.45) is 5.92 Å². The van der Waals surface area contributed by atoms with Crippen molar-refractivity contribution in [3.05, 3.63) is 75.3 Å². The van der Waals surface area contributed by atoms with E-state index in [1.807, 2.05) is 37.3 Å². The summed E-state index contributed by atoms with van der Waals surface area (Å²) in [5.74, 6) is 0.313. The summed E-state index contributed by atoms with van der Waals surface area (Å²) in [7, 11) is 0. The minimum absolute atomic E-state index is 0.0979. The molecule has 4 rings (SSSR count). The number of fused-ring (bicyclic) bond motifs is 3. The maximum atomic E-state index is 12.1. The fraction of sp³-hybridized carbons (Fsp3) is 0.286. The molecule has 1 aliphatic carbocycles. The highest BCUT2D eigenvalue weighted by molar-refractivity contribution is 6.35. The lowest BCUT2D eigenvalue weighted by molar-refractivity contribution is 0.0526. The van der Waals surface area contributed by atoms with Crippen LogP contribution in [0.1, 0.15) is 46.8 Å². The molecule has 2 aromatic rings. The topological polar surface area (TPSA) is 38.3 Å². The van der Waals surface area contributed by atoms with E-state index in [1.165, 1.54) is 0 Å². The van der Waals surface area contributed by atoms with E-state index in [1.54, 1.807) is 6.07 Å². The fourth-order valence-corrected chi connectivity index (χ4v) is 4.52. The number of nitrogens with one attached hydrogen (secondary N) is 1. The van der Waals surface area contributed by atoms with Gasteiger partial charge in [0.05, 0.1) is 18.2 Å². The number of benzene rings is 2. The van der Waals surface area contributed by atoms with Crippen LogP contribution in [0.15, 0.2) is 48.6 Å². The van der Waals surface area contributed by atoms with Crippen molar-refractivity contribution in [3.8, 4) is 0 Å². The number of esters is 1. The molecule has 0 spiro atoms. The largest absolute Gasteiger partial charge is 0.462 e. The van der Waals surface area contributed by atoms with E-state index >= 15 is 0 Å². The average Bonchev–Trinajstić information content (AvgIpc) is 3.11. The van der Waals surface area contributed by atoms with Gasteiger partial charge >= 0.3 is 5.97 Å². The maximum Gasteiger partial charge on any atom is 0.338 e. The lowest BCUT2D eigenvalue weighted by Crippen LogP contribution is -2.29. The first kappa shape index (κ1) is 17.4. The van der Waals surface area contributed by atoms with E-state index < -0.39 is 0 Å². The highest BCUT2D eigenvalue weighted by Gasteiger charge is 2.38. The maximum absolute atomic E-state index is 12.1. The van der Waals surface area contributed by atoms with Crippen molar-refractivity contribution in [2.45, 2.75) is 25.3 Å². The number of carbonyl (C=O) groups excluding carboxylic acids is 1. The number of hydrogen-bond donors (Lipinski definition) is 1. The molecular weight excluding hydrogens is 369 g/mol. The fourth-order valence-electron chi connectivity index (χ4n) is 4.00. The molecular formula is C21H19Cl2NO2. The van der Waals surface area contributed by atoms with E-state index in [-0.39, 0.29) is 17.9 Å². The molecule has 0 saturated carbocycles. The van der Waals surface area contributed by atoms with Gasteiger partial charge in [-0.25, -0.2) is 4.79 Å². The summed E-state index contributed by atoms with van der Waals surface area (Å²) in [6.07, 6.45) is 5.40. The van der Waals surface area contributed by atoms with Gasteiger partial charge in [0.15, 0.2) is 0 Å². The third-order valence-corrected chi connectivity index (χ3v) is 5.73. The van der Waals surface area contributed by atoms with Gasteiger partial charge in [0.1, 0.15) is 0 Å². The number of carbonyl (C=O) groups is 1. The Morgan fingerprint density at radius 3 is 2.81 bits per heavy atom. The van der Waals surface area contributed by atoms with Crippen molar-refractivity contribution in [1.82, 2.24) is 0 Å². The van der Waals surface area contributed by atoms with E-state index in [4.69, 9.17) is 27.9 Å². The molecule has 0 bridgehead atoms. The Morgan fingerprint density at radius 2 is 2.04 bits per heavy atom. The Kier molecular flexibility index (Phi) is 4.68. The number of halogens is 2. The first-order chi connectivity index (χ1) is 12.6. The third-order valence-electron chi connectivity index (χ3n) is 5.17. The van der Waals surface area contributed by atoms with Gasteiger partial charge in [-0.3, -0.25) is 0 Å². The van der Waals surface area contributed by atoms with Crippen molar-refractivity contribution >= 4 is 34.9 Å². The molecule has 2 aromatic carbocycles. The molecule has 134 valence electrons. The highest BCUT2D eigenvalue weighted by atomic mass is 35.5. The van der Waals surface area contributed by atoms with Crippen LogP contribution in [0.4, 0.5) is 5.69 Å². The Morgan fingerprint density at radius 1 is 1.19 bits per heavy atom. The van der Waals surface area contributed by atoms with Gasteiger partial charge in [-0.05, 0) is 60.7 Å². The van der Waals surface area contributed by atoms with Gasteiger partial charge in [0, 0.05) is 21.7 Å². The Balaban J connectivity index is 1.73. The number of allylic oxidation sites excluding steroid dienone is 2. The molecule has 3 atom stereocenters. The lowest BCUT2D eigenvalue weighted by Gasteiger charge is -2.38. The molecule has 1 aliphatic heterocycles. The molecule has 3 nitrogen and oxygen atoms in total. The Labute approximate surface area is 163 Å². The van der Waals surface area contributed by atoms with Crippen LogP contribution in [0.2, 0.25) is 10.0 Å². The second-order valence-electron chi connectivity index (χ2n) is 6.66. The van der Waals surface area contributed by atoms with Gasteiger partial charge in [-0.1, -0.05) is 41.4 Å². The van der Waals surface area contributed by atoms with Crippen LogP contribution in [-0.2, 0) is 4.74 Å². The number of ether oxygens (including phenoxy) is 1. The lowest BCUT2D eigenvalue weighted by atomic mass is 9.76. The molecule has 0 radical (unpaired) electrons. The van der Waals surface area contributed by atoms with Crippen LogP contribution in [0.3, 0.4) is 0 Å². The standard InChI is InChI=1S/C21H19Cl2NO2/c1-2-26-21(25)12-6-9-19-17(10-12)14-4-3-5-15(14)20(24-19)16-8-7-13(22)11-18(16)23/h3-4,6-11,14-15,20,24H,2,5H2,1H3/t14-,15+,20-/m1/s1. The second-order valence-corrected chi connectivity index (χ2v) is 7.51. The molecule has 2 aliphatic rings. The van der Waals surface area contributed by atoms with Crippen LogP contribution in [0.25, 0.3) is 0 Å². The molecule has 0 amide bonds. The van der Waals surface area contributed by atoms with Crippen LogP contribution in [0.5, 0.6) is 0 Å². The first-order valence-corrected chi connectivity index (χ1v) is 9.53. The summed E-state index contributed by atoms with van der Waals surface area (Å²) in [5, 5.41) is 4.93. The number of anilines is 1. The summed E-state index contributed by atoms with van der Waals surface area (Å²) in [6.45, 7) is 2.19. The molecule has 5 heteroatoms. The summed E-state index contributed by atoms with van der Waals surface area (Å²) >= 11 is 12.5. The first-order valence-electron chi connectivity index (χ1n) is 8.77. The van der Waals surface area contributed by atoms with Crippen LogP contribution in [-0.4, -0.2) is 12.6 Å². The Bertz CT molecular complexity index is 894. The average molecular weight is 388 g/mol. The monoisotopic (exact) mass is 387 g/mol. The predicted molar refractivity (Wildman–Crippen MR) is 105 cm³/mol. The quantitative estimate of drug-likeness (QED) is 0.518. The van der Waals surface area contributed by atoms with Gasteiger partial charge in [0.2, 0.25) is 0 Å². The zero-order valence-electron chi connectivity index (χ0n) is 14.3. The Hall–Kier alpha value is -1.97. The van der Waals surface area contributed by atoms with Crippen LogP contribution in [0, 0.1) is 5.92 Å². The van der Waals surface area contributed by atoms with Crippen LogP contribution >= 0.6 is 23.2 Å². The predicted octanol–water partition coefficient (Wildman–Crippen LogP) is 6.00. The van der Waals surface area contributed by atoms with Crippen LogP contribution < -0.4 is 5.32 Å². The minimum Gasteiger partial charge on any atom is -0.462 e. The third kappa shape index (κ3) is 3.00. The number of rotatable bonds is 3. The second kappa shape index (κ2) is 6.98. The van der Waals surface area contributed by atoms with Crippen molar-refractivity contribution < 1.29 is 9.53 Å². The molecule has 0 aromatic heterocycles. The molecule has 0 unspecified atom stereocenters. The van der Waals surface area contributed by atoms with Crippen molar-refractivity contribution in [2.75, 3.05) is 11.9 Å². The normalized spacial score (nSPS) is 23.1. The van der Waals surface area contributed by atoms with E-state index in [0.717, 1.165) is 23.2 Å². The highest BCUT2D eigenvalue weighted by Crippen LogP contribution is 2.51. The van der Waals surface area contributed by atoms with E-state index in [9.17, 15) is 4.79 Å². The van der Waals surface area contributed by atoms with Gasteiger partial charge in [-0.15, -0.1) is 0 Å². The van der Waals surface area contributed by atoms with E-state index in [2.05, 4.69) is 17.5 Å². The summed E-state index contributed by atoms with van der Waals surface area (Å²) in [4.78, 5) is 12.1. The molecule has 0 saturated heterocycles. The minimum atomic E-state index is -0.281. The molecule has 1 heterocycles. The SMILES string of the molecule is CCOC(=O)c1ccc2c(c1)[C@@H]1C=CC[C@@H]1[C@H](c1ccc(Cl)cc1Cl)N2. The number of hydrogen-bond acceptors (Lipinski definition) is 3. The van der Waals surface area contributed by atoms with Gasteiger partial charge in [-0.2, -0.15) is 0 Å².